The maximum absolute atomic E-state index is 4.30. The van der Waals surface area contributed by atoms with E-state index in [1.54, 1.807) is 0 Å². The largest absolute Gasteiger partial charge is 0.309 e. The molecular formula is C16H30N4. The molecule has 3 unspecified atom stereocenters. The van der Waals surface area contributed by atoms with Crippen LogP contribution in [-0.4, -0.2) is 39.4 Å². The maximum Gasteiger partial charge on any atom is 0.0534 e. The van der Waals surface area contributed by atoms with Crippen LogP contribution >= 0.6 is 0 Å². The minimum atomic E-state index is 0.242. The lowest BCUT2D eigenvalue weighted by Crippen LogP contribution is -2.63. The summed E-state index contributed by atoms with van der Waals surface area (Å²) in [5.74, 6) is 0.723. The molecule has 0 radical (unpaired) electrons. The van der Waals surface area contributed by atoms with E-state index in [-0.39, 0.29) is 5.54 Å². The molecule has 0 aliphatic carbocycles. The van der Waals surface area contributed by atoms with E-state index in [1.165, 1.54) is 18.4 Å². The fourth-order valence-corrected chi connectivity index (χ4v) is 3.13. The monoisotopic (exact) mass is 278 g/mol. The fraction of sp³-hybridized carbons (Fsp3) is 0.812. The third-order valence-corrected chi connectivity index (χ3v) is 4.98. The molecule has 1 aliphatic rings. The molecule has 1 aromatic rings. The van der Waals surface area contributed by atoms with Crippen molar-refractivity contribution >= 4 is 0 Å². The summed E-state index contributed by atoms with van der Waals surface area (Å²) < 4.78 is 1.90. The predicted molar refractivity (Wildman–Crippen MR) is 83.6 cm³/mol. The first kappa shape index (κ1) is 15.5. The minimum Gasteiger partial charge on any atom is -0.309 e. The summed E-state index contributed by atoms with van der Waals surface area (Å²) in [5.41, 5.74) is 1.56. The van der Waals surface area contributed by atoms with Crippen molar-refractivity contribution in [2.75, 3.05) is 13.1 Å². The van der Waals surface area contributed by atoms with Crippen LogP contribution < -0.4 is 5.32 Å². The molecule has 0 spiro atoms. The summed E-state index contributed by atoms with van der Waals surface area (Å²) in [4.78, 5) is 2.66. The summed E-state index contributed by atoms with van der Waals surface area (Å²) in [6, 6.07) is 0.625. The van der Waals surface area contributed by atoms with Gasteiger partial charge in [-0.25, -0.2) is 0 Å². The first-order valence-electron chi connectivity index (χ1n) is 7.94. The van der Waals surface area contributed by atoms with E-state index in [9.17, 15) is 0 Å². The second-order valence-corrected chi connectivity index (χ2v) is 6.68. The van der Waals surface area contributed by atoms with E-state index in [0.717, 1.165) is 25.6 Å². The van der Waals surface area contributed by atoms with Crippen LogP contribution in [0.3, 0.4) is 0 Å². The van der Waals surface area contributed by atoms with Crippen molar-refractivity contribution in [1.82, 2.24) is 20.0 Å². The van der Waals surface area contributed by atoms with Gasteiger partial charge in [-0.1, -0.05) is 27.2 Å². The van der Waals surface area contributed by atoms with Gasteiger partial charge in [-0.15, -0.1) is 0 Å². The van der Waals surface area contributed by atoms with Gasteiger partial charge >= 0.3 is 0 Å². The van der Waals surface area contributed by atoms with Crippen molar-refractivity contribution in [3.8, 4) is 0 Å². The van der Waals surface area contributed by atoms with Crippen LogP contribution in [0.5, 0.6) is 0 Å². The molecule has 2 rings (SSSR count). The van der Waals surface area contributed by atoms with Crippen LogP contribution in [0.15, 0.2) is 12.4 Å². The molecule has 1 aliphatic heterocycles. The number of rotatable bonds is 5. The molecule has 3 atom stereocenters. The molecule has 0 aromatic carbocycles. The van der Waals surface area contributed by atoms with Crippen molar-refractivity contribution in [2.24, 2.45) is 13.0 Å². The number of nitrogens with one attached hydrogen (secondary N) is 1. The first-order chi connectivity index (χ1) is 9.47. The van der Waals surface area contributed by atoms with E-state index < -0.39 is 0 Å². The van der Waals surface area contributed by atoms with Gasteiger partial charge in [0.05, 0.1) is 6.20 Å². The summed E-state index contributed by atoms with van der Waals surface area (Å²) in [5, 5.41) is 8.07. The molecule has 1 saturated heterocycles. The molecule has 114 valence electrons. The molecule has 20 heavy (non-hydrogen) atoms. The van der Waals surface area contributed by atoms with E-state index in [4.69, 9.17) is 0 Å². The molecule has 0 amide bonds. The zero-order chi connectivity index (χ0) is 14.8. The van der Waals surface area contributed by atoms with Crippen molar-refractivity contribution < 1.29 is 0 Å². The quantitative estimate of drug-likeness (QED) is 0.898. The maximum atomic E-state index is 4.30. The van der Waals surface area contributed by atoms with Crippen LogP contribution in [0.4, 0.5) is 0 Å². The molecule has 1 fully saturated rings. The molecule has 1 aromatic heterocycles. The zero-order valence-corrected chi connectivity index (χ0v) is 13.7. The predicted octanol–water partition coefficient (Wildman–Crippen LogP) is 2.41. The third-order valence-electron chi connectivity index (χ3n) is 4.98. The molecule has 4 heteroatoms. The summed E-state index contributed by atoms with van der Waals surface area (Å²) >= 11 is 0. The molecule has 0 bridgehead atoms. The van der Waals surface area contributed by atoms with Crippen molar-refractivity contribution in [3.63, 3.8) is 0 Å². The Morgan fingerprint density at radius 1 is 1.50 bits per heavy atom. The van der Waals surface area contributed by atoms with Gasteiger partial charge in [0.15, 0.2) is 0 Å². The Bertz CT molecular complexity index is 428. The molecule has 2 heterocycles. The smallest absolute Gasteiger partial charge is 0.0534 e. The third kappa shape index (κ3) is 3.41. The number of aromatic nitrogens is 2. The van der Waals surface area contributed by atoms with Crippen LogP contribution in [-0.2, 0) is 13.6 Å². The Labute approximate surface area is 123 Å². The minimum absolute atomic E-state index is 0.242. The number of piperazine rings is 1. The van der Waals surface area contributed by atoms with Crippen molar-refractivity contribution in [3.05, 3.63) is 18.0 Å². The number of nitrogens with zero attached hydrogens (tertiary/aromatic N) is 3. The summed E-state index contributed by atoms with van der Waals surface area (Å²) in [6.45, 7) is 12.5. The second kappa shape index (κ2) is 6.27. The Kier molecular flexibility index (Phi) is 4.86. The van der Waals surface area contributed by atoms with Crippen molar-refractivity contribution in [2.45, 2.75) is 58.7 Å². The SMILES string of the molecule is CCC(C)C1CNC(C)(CC)CN1Cc1cnn(C)c1. The standard InChI is InChI=1S/C16H30N4/c1-6-13(3)15-9-17-16(4,7-2)12-20(15)11-14-8-18-19(5)10-14/h8,10,13,15,17H,6-7,9,11-12H2,1-5H3. The van der Waals surface area contributed by atoms with Gasteiger partial charge in [-0.2, -0.15) is 5.10 Å². The lowest BCUT2D eigenvalue weighted by molar-refractivity contribution is 0.0487. The highest BCUT2D eigenvalue weighted by molar-refractivity contribution is 5.06. The van der Waals surface area contributed by atoms with Crippen molar-refractivity contribution in [1.29, 1.82) is 0 Å². The molecule has 4 nitrogen and oxygen atoms in total. The zero-order valence-electron chi connectivity index (χ0n) is 13.7. The van der Waals surface area contributed by atoms with Crippen LogP contribution in [0, 0.1) is 5.92 Å². The van der Waals surface area contributed by atoms with E-state index in [1.807, 2.05) is 17.9 Å². The number of hydrogen-bond donors (Lipinski definition) is 1. The van der Waals surface area contributed by atoms with E-state index in [2.05, 4.69) is 49.2 Å². The van der Waals surface area contributed by atoms with Gasteiger partial charge in [0.25, 0.3) is 0 Å². The topological polar surface area (TPSA) is 33.1 Å². The molecular weight excluding hydrogens is 248 g/mol. The highest BCUT2D eigenvalue weighted by atomic mass is 15.3. The van der Waals surface area contributed by atoms with E-state index in [0.29, 0.717) is 6.04 Å². The lowest BCUT2D eigenvalue weighted by atomic mass is 9.88. The van der Waals surface area contributed by atoms with Gasteiger partial charge in [0, 0.05) is 50.0 Å². The normalized spacial score (nSPS) is 29.6. The Morgan fingerprint density at radius 2 is 2.25 bits per heavy atom. The van der Waals surface area contributed by atoms with Gasteiger partial charge < -0.3 is 5.32 Å². The highest BCUT2D eigenvalue weighted by Crippen LogP contribution is 2.25. The van der Waals surface area contributed by atoms with Crippen LogP contribution in [0.2, 0.25) is 0 Å². The fourth-order valence-electron chi connectivity index (χ4n) is 3.13. The first-order valence-corrected chi connectivity index (χ1v) is 7.94. The highest BCUT2D eigenvalue weighted by Gasteiger charge is 2.36. The molecule has 1 N–H and O–H groups in total. The Hall–Kier alpha value is -0.870. The average Bonchev–Trinajstić information content (AvgIpc) is 2.83. The van der Waals surface area contributed by atoms with Gasteiger partial charge in [0.1, 0.15) is 0 Å². The van der Waals surface area contributed by atoms with Crippen LogP contribution in [0.25, 0.3) is 0 Å². The number of hydrogen-bond acceptors (Lipinski definition) is 3. The van der Waals surface area contributed by atoms with Gasteiger partial charge in [0.2, 0.25) is 0 Å². The average molecular weight is 278 g/mol. The lowest BCUT2D eigenvalue weighted by Gasteiger charge is -2.48. The van der Waals surface area contributed by atoms with Gasteiger partial charge in [-0.3, -0.25) is 9.58 Å². The molecule has 0 saturated carbocycles. The second-order valence-electron chi connectivity index (χ2n) is 6.68. The van der Waals surface area contributed by atoms with E-state index >= 15 is 0 Å². The summed E-state index contributed by atoms with van der Waals surface area (Å²) in [7, 11) is 1.99. The Balaban J connectivity index is 2.13. The Morgan fingerprint density at radius 3 is 2.80 bits per heavy atom. The number of aryl methyl sites for hydroxylation is 1. The summed E-state index contributed by atoms with van der Waals surface area (Å²) in [6.07, 6.45) is 6.54. The van der Waals surface area contributed by atoms with Gasteiger partial charge in [-0.05, 0) is 19.3 Å². The van der Waals surface area contributed by atoms with Crippen LogP contribution in [0.1, 0.15) is 46.1 Å².